The molecule has 25 heavy (non-hydrogen) atoms. The van der Waals surface area contributed by atoms with Gasteiger partial charge in [0.15, 0.2) is 0 Å². The van der Waals surface area contributed by atoms with Crippen molar-refractivity contribution in [2.75, 3.05) is 32.1 Å². The Hall–Kier alpha value is -2.20. The molecular weight excluding hydrogens is 361 g/mol. The number of carbonyl (C=O) groups is 2. The van der Waals surface area contributed by atoms with Crippen molar-refractivity contribution in [2.24, 2.45) is 0 Å². The minimum Gasteiger partial charge on any atom is -0.466 e. The number of thioether (sulfide) groups is 1. The maximum Gasteiger partial charge on any atom is 0.446 e. The summed E-state index contributed by atoms with van der Waals surface area (Å²) in [5.41, 5.74) is -4.62. The third-order valence-corrected chi connectivity index (χ3v) is 4.13. The summed E-state index contributed by atoms with van der Waals surface area (Å²) in [6, 6.07) is 5.57. The fourth-order valence-corrected chi connectivity index (χ4v) is 2.89. The highest BCUT2D eigenvalue weighted by Crippen LogP contribution is 2.41. The van der Waals surface area contributed by atoms with Crippen LogP contribution in [-0.4, -0.2) is 54.2 Å². The Morgan fingerprint density at radius 1 is 1.40 bits per heavy atom. The minimum atomic E-state index is -4.50. The number of esters is 1. The number of nitrogens with zero attached hydrogens (tertiary/aromatic N) is 1. The second-order valence-electron chi connectivity index (χ2n) is 4.96. The number of halogens is 3. The maximum absolute atomic E-state index is 12.7. The number of para-hydroxylation sites is 1. The van der Waals surface area contributed by atoms with E-state index in [1.807, 2.05) is 0 Å². The average Bonchev–Trinajstić information content (AvgIpc) is 2.84. The van der Waals surface area contributed by atoms with Crippen molar-refractivity contribution in [1.82, 2.24) is 4.90 Å². The number of ether oxygens (including phenoxy) is 1. The molecule has 0 bridgehead atoms. The van der Waals surface area contributed by atoms with Crippen LogP contribution in [0.2, 0.25) is 0 Å². The zero-order valence-electron chi connectivity index (χ0n) is 13.1. The second-order valence-corrected chi connectivity index (χ2v) is 6.07. The zero-order chi connectivity index (χ0) is 18.6. The summed E-state index contributed by atoms with van der Waals surface area (Å²) < 4.78 is 42.7. The summed E-state index contributed by atoms with van der Waals surface area (Å²) in [6.45, 7) is -0.416. The van der Waals surface area contributed by atoms with E-state index in [0.717, 1.165) is 7.11 Å². The number of hydrogen-bond donors (Lipinski definition) is 2. The van der Waals surface area contributed by atoms with Crippen LogP contribution in [-0.2, 0) is 14.3 Å². The molecule has 0 radical (unpaired) electrons. The summed E-state index contributed by atoms with van der Waals surface area (Å²) in [7, 11) is 1.14. The number of nitrogens with one attached hydrogen (secondary N) is 1. The fourth-order valence-electron chi connectivity index (χ4n) is 2.27. The minimum absolute atomic E-state index is 0.00670. The lowest BCUT2D eigenvalue weighted by molar-refractivity contribution is -0.136. The van der Waals surface area contributed by atoms with Gasteiger partial charge in [0.25, 0.3) is 5.91 Å². The summed E-state index contributed by atoms with van der Waals surface area (Å²) in [6.07, 6.45) is 0. The molecular formula is C15H15F3N2O4S. The number of carbonyl (C=O) groups excluding carboxylic acids is 2. The molecule has 6 nitrogen and oxygen atoms in total. The van der Waals surface area contributed by atoms with E-state index < -0.39 is 17.4 Å². The van der Waals surface area contributed by atoms with E-state index in [2.05, 4.69) is 10.1 Å². The van der Waals surface area contributed by atoms with Gasteiger partial charge in [0.1, 0.15) is 5.70 Å². The van der Waals surface area contributed by atoms with E-state index in [4.69, 9.17) is 5.11 Å². The smallest absolute Gasteiger partial charge is 0.446 e. The molecule has 2 rings (SSSR count). The lowest BCUT2D eigenvalue weighted by atomic mass is 10.2. The molecule has 0 aliphatic carbocycles. The van der Waals surface area contributed by atoms with Crippen LogP contribution in [0.3, 0.4) is 0 Å². The van der Waals surface area contributed by atoms with E-state index >= 15 is 0 Å². The molecule has 10 heteroatoms. The van der Waals surface area contributed by atoms with Crippen LogP contribution in [0, 0.1) is 0 Å². The molecule has 0 aromatic heterocycles. The molecule has 1 heterocycles. The molecule has 2 N–H and O–H groups in total. The number of anilines is 1. The maximum atomic E-state index is 12.7. The number of aliphatic hydroxyl groups excluding tert-OH is 1. The highest BCUT2D eigenvalue weighted by atomic mass is 32.2. The SMILES string of the molecule is COC(=O)C1=C(Nc2ccccc2SC(F)(F)F)C(=O)N(CCO)C1. The molecule has 1 aliphatic heterocycles. The number of alkyl halides is 3. The molecule has 0 spiro atoms. The lowest BCUT2D eigenvalue weighted by Crippen LogP contribution is -2.31. The number of β-amino-alcohol motifs (C(OH)–C–C–N with tert-alkyl or cyclic N) is 1. The van der Waals surface area contributed by atoms with Gasteiger partial charge in [0, 0.05) is 11.4 Å². The quantitative estimate of drug-likeness (QED) is 0.584. The first-order valence-corrected chi connectivity index (χ1v) is 7.92. The number of rotatable bonds is 6. The number of hydrogen-bond acceptors (Lipinski definition) is 6. The van der Waals surface area contributed by atoms with Crippen LogP contribution in [0.4, 0.5) is 18.9 Å². The molecule has 136 valence electrons. The number of aliphatic hydroxyl groups is 1. The van der Waals surface area contributed by atoms with Crippen LogP contribution in [0.5, 0.6) is 0 Å². The third kappa shape index (κ3) is 4.67. The summed E-state index contributed by atoms with van der Waals surface area (Å²) >= 11 is -0.328. The summed E-state index contributed by atoms with van der Waals surface area (Å²) in [5.74, 6) is -1.36. The molecule has 0 saturated heterocycles. The average molecular weight is 376 g/mol. The molecule has 1 aromatic carbocycles. The number of benzene rings is 1. The van der Waals surface area contributed by atoms with Gasteiger partial charge < -0.3 is 20.1 Å². The van der Waals surface area contributed by atoms with Crippen LogP contribution >= 0.6 is 11.8 Å². The predicted molar refractivity (Wildman–Crippen MR) is 84.7 cm³/mol. The van der Waals surface area contributed by atoms with Gasteiger partial charge in [-0.05, 0) is 23.9 Å². The van der Waals surface area contributed by atoms with Crippen molar-refractivity contribution in [2.45, 2.75) is 10.4 Å². The van der Waals surface area contributed by atoms with Crippen molar-refractivity contribution >= 4 is 29.3 Å². The van der Waals surface area contributed by atoms with Crippen LogP contribution in [0.1, 0.15) is 0 Å². The van der Waals surface area contributed by atoms with Gasteiger partial charge >= 0.3 is 11.5 Å². The van der Waals surface area contributed by atoms with E-state index in [0.29, 0.717) is 0 Å². The molecule has 0 fully saturated rings. The van der Waals surface area contributed by atoms with E-state index in [-0.39, 0.29) is 53.3 Å². The van der Waals surface area contributed by atoms with Crippen molar-refractivity contribution in [3.63, 3.8) is 0 Å². The van der Waals surface area contributed by atoms with E-state index in [1.165, 1.54) is 29.2 Å². The molecule has 1 aliphatic rings. The highest BCUT2D eigenvalue weighted by Gasteiger charge is 2.35. The zero-order valence-corrected chi connectivity index (χ0v) is 13.9. The Morgan fingerprint density at radius 3 is 2.68 bits per heavy atom. The van der Waals surface area contributed by atoms with Gasteiger partial charge in [-0.3, -0.25) is 4.79 Å². The van der Waals surface area contributed by atoms with Gasteiger partial charge in [0.2, 0.25) is 0 Å². The topological polar surface area (TPSA) is 78.9 Å². The largest absolute Gasteiger partial charge is 0.466 e. The van der Waals surface area contributed by atoms with Crippen LogP contribution < -0.4 is 5.32 Å². The fraction of sp³-hybridized carbons (Fsp3) is 0.333. The monoisotopic (exact) mass is 376 g/mol. The summed E-state index contributed by atoms with van der Waals surface area (Å²) in [4.78, 5) is 25.3. The summed E-state index contributed by atoms with van der Waals surface area (Å²) in [5, 5.41) is 11.6. The Balaban J connectivity index is 2.36. The second kappa shape index (κ2) is 7.79. The first-order chi connectivity index (χ1) is 11.8. The van der Waals surface area contributed by atoms with Gasteiger partial charge in [0.05, 0.1) is 31.5 Å². The normalized spacial score (nSPS) is 14.9. The Morgan fingerprint density at radius 2 is 2.08 bits per heavy atom. The van der Waals surface area contributed by atoms with Crippen molar-refractivity contribution in [3.8, 4) is 0 Å². The molecule has 0 saturated carbocycles. The predicted octanol–water partition coefficient (Wildman–Crippen LogP) is 1.97. The Labute approximate surface area is 145 Å². The van der Waals surface area contributed by atoms with Gasteiger partial charge in [-0.15, -0.1) is 0 Å². The number of amides is 1. The lowest BCUT2D eigenvalue weighted by Gasteiger charge is -2.16. The van der Waals surface area contributed by atoms with Gasteiger partial charge in [-0.2, -0.15) is 13.2 Å². The standard InChI is InChI=1S/C15H15F3N2O4S/c1-24-14(23)9-8-20(6-7-21)13(22)12(9)19-10-4-2-3-5-11(10)25-15(16,17)18/h2-5,19,21H,6-8H2,1H3. The third-order valence-electron chi connectivity index (χ3n) is 3.33. The Kier molecular flexibility index (Phi) is 5.96. The first kappa shape index (κ1) is 19.1. The molecule has 0 unspecified atom stereocenters. The van der Waals surface area contributed by atoms with Crippen molar-refractivity contribution < 1.29 is 32.6 Å². The van der Waals surface area contributed by atoms with Crippen LogP contribution in [0.25, 0.3) is 0 Å². The first-order valence-electron chi connectivity index (χ1n) is 7.10. The van der Waals surface area contributed by atoms with E-state index in [9.17, 15) is 22.8 Å². The highest BCUT2D eigenvalue weighted by molar-refractivity contribution is 8.00. The Bertz CT molecular complexity index is 706. The molecule has 1 aromatic rings. The molecule has 0 atom stereocenters. The van der Waals surface area contributed by atoms with Crippen molar-refractivity contribution in [3.05, 3.63) is 35.5 Å². The number of methoxy groups -OCH3 is 1. The van der Waals surface area contributed by atoms with Gasteiger partial charge in [-0.1, -0.05) is 12.1 Å². The van der Waals surface area contributed by atoms with Crippen LogP contribution in [0.15, 0.2) is 40.4 Å². The van der Waals surface area contributed by atoms with E-state index in [1.54, 1.807) is 0 Å². The molecule has 1 amide bonds. The van der Waals surface area contributed by atoms with Gasteiger partial charge in [-0.25, -0.2) is 4.79 Å². The van der Waals surface area contributed by atoms with Crippen molar-refractivity contribution in [1.29, 1.82) is 0 Å².